The molecular formula is C17H16F3NO2. The Labute approximate surface area is 132 Å². The summed E-state index contributed by atoms with van der Waals surface area (Å²) in [6.07, 6.45) is -4.35. The normalized spacial score (nSPS) is 11.4. The molecule has 23 heavy (non-hydrogen) atoms. The van der Waals surface area contributed by atoms with E-state index >= 15 is 0 Å². The first kappa shape index (κ1) is 17.0. The molecule has 1 amide bonds. The summed E-state index contributed by atoms with van der Waals surface area (Å²) >= 11 is 0. The van der Waals surface area contributed by atoms with E-state index in [0.29, 0.717) is 11.1 Å². The molecule has 0 aromatic heterocycles. The molecule has 0 saturated heterocycles. The Bertz CT molecular complexity index is 709. The molecular weight excluding hydrogens is 307 g/mol. The molecule has 0 N–H and O–H groups in total. The van der Waals surface area contributed by atoms with Crippen molar-refractivity contribution in [3.8, 4) is 11.1 Å². The van der Waals surface area contributed by atoms with E-state index in [4.69, 9.17) is 4.84 Å². The number of benzene rings is 2. The van der Waals surface area contributed by atoms with Crippen LogP contribution < -0.4 is 0 Å². The number of carbonyl (C=O) groups excluding carboxylic acids is 1. The van der Waals surface area contributed by atoms with Crippen molar-refractivity contribution < 1.29 is 22.8 Å². The second kappa shape index (κ2) is 6.42. The minimum Gasteiger partial charge on any atom is -0.274 e. The molecule has 0 radical (unpaired) electrons. The maximum atomic E-state index is 12.6. The average Bonchev–Trinajstić information content (AvgIpc) is 2.52. The van der Waals surface area contributed by atoms with Crippen molar-refractivity contribution in [2.75, 3.05) is 14.2 Å². The topological polar surface area (TPSA) is 29.5 Å². The SMILES string of the molecule is CON(C)C(=O)c1ccc(-c2ccc(C(F)(F)F)cc2)c(C)c1. The molecule has 6 heteroatoms. The number of hydroxylamine groups is 2. The number of alkyl halides is 3. The highest BCUT2D eigenvalue weighted by Crippen LogP contribution is 2.32. The van der Waals surface area contributed by atoms with Gasteiger partial charge in [0, 0.05) is 12.6 Å². The molecule has 3 nitrogen and oxygen atoms in total. The minimum atomic E-state index is -4.35. The molecule has 0 fully saturated rings. The molecule has 0 atom stereocenters. The van der Waals surface area contributed by atoms with Gasteiger partial charge in [-0.05, 0) is 47.9 Å². The van der Waals surface area contributed by atoms with Crippen LogP contribution in [0, 0.1) is 6.92 Å². The summed E-state index contributed by atoms with van der Waals surface area (Å²) in [5.41, 5.74) is 1.99. The Morgan fingerprint density at radius 1 is 1.09 bits per heavy atom. The number of carbonyl (C=O) groups is 1. The van der Waals surface area contributed by atoms with Gasteiger partial charge in [-0.2, -0.15) is 13.2 Å². The molecule has 2 aromatic carbocycles. The number of hydrogen-bond donors (Lipinski definition) is 0. The summed E-state index contributed by atoms with van der Waals surface area (Å²) < 4.78 is 37.8. The molecule has 0 aliphatic rings. The standard InChI is InChI=1S/C17H16F3NO2/c1-11-10-13(16(22)21(2)23-3)6-9-15(11)12-4-7-14(8-5-12)17(18,19)20/h4-10H,1-3H3. The number of halogens is 3. The molecule has 0 saturated carbocycles. The fraction of sp³-hybridized carbons (Fsp3) is 0.235. The Balaban J connectivity index is 2.33. The van der Waals surface area contributed by atoms with E-state index in [9.17, 15) is 18.0 Å². The van der Waals surface area contributed by atoms with E-state index in [2.05, 4.69) is 0 Å². The predicted octanol–water partition coefficient (Wildman–Crippen LogP) is 4.31. The van der Waals surface area contributed by atoms with E-state index in [1.54, 1.807) is 25.1 Å². The number of rotatable bonds is 3. The maximum absolute atomic E-state index is 12.6. The Morgan fingerprint density at radius 3 is 2.17 bits per heavy atom. The van der Waals surface area contributed by atoms with Crippen LogP contribution in [0.5, 0.6) is 0 Å². The third kappa shape index (κ3) is 3.71. The van der Waals surface area contributed by atoms with Gasteiger partial charge >= 0.3 is 6.18 Å². The summed E-state index contributed by atoms with van der Waals surface area (Å²) in [6.45, 7) is 1.80. The summed E-state index contributed by atoms with van der Waals surface area (Å²) in [6, 6.07) is 9.97. The zero-order valence-electron chi connectivity index (χ0n) is 12.9. The van der Waals surface area contributed by atoms with Crippen LogP contribution in [0.25, 0.3) is 11.1 Å². The summed E-state index contributed by atoms with van der Waals surface area (Å²) in [5.74, 6) is -0.297. The highest BCUT2D eigenvalue weighted by atomic mass is 19.4. The molecule has 0 aliphatic heterocycles. The molecule has 0 spiro atoms. The van der Waals surface area contributed by atoms with Gasteiger partial charge < -0.3 is 0 Å². The van der Waals surface area contributed by atoms with Crippen molar-refractivity contribution in [3.63, 3.8) is 0 Å². The van der Waals surface area contributed by atoms with E-state index < -0.39 is 11.7 Å². The first-order chi connectivity index (χ1) is 10.7. The highest BCUT2D eigenvalue weighted by Gasteiger charge is 2.30. The number of hydrogen-bond acceptors (Lipinski definition) is 2. The van der Waals surface area contributed by atoms with Gasteiger partial charge in [0.15, 0.2) is 0 Å². The molecule has 0 bridgehead atoms. The lowest BCUT2D eigenvalue weighted by Gasteiger charge is -2.15. The number of aryl methyl sites for hydroxylation is 1. The smallest absolute Gasteiger partial charge is 0.274 e. The van der Waals surface area contributed by atoms with Crippen molar-refractivity contribution in [1.82, 2.24) is 5.06 Å². The number of amides is 1. The molecule has 2 rings (SSSR count). The van der Waals surface area contributed by atoms with Crippen LogP contribution in [-0.4, -0.2) is 25.1 Å². The molecule has 2 aromatic rings. The minimum absolute atomic E-state index is 0.297. The van der Waals surface area contributed by atoms with Crippen LogP contribution >= 0.6 is 0 Å². The third-order valence-corrected chi connectivity index (χ3v) is 3.56. The van der Waals surface area contributed by atoms with E-state index in [1.807, 2.05) is 0 Å². The van der Waals surface area contributed by atoms with E-state index in [-0.39, 0.29) is 5.91 Å². The van der Waals surface area contributed by atoms with Crippen LogP contribution in [0.1, 0.15) is 21.5 Å². The van der Waals surface area contributed by atoms with Gasteiger partial charge in [0.05, 0.1) is 12.7 Å². The second-order valence-electron chi connectivity index (χ2n) is 5.09. The quantitative estimate of drug-likeness (QED) is 0.788. The van der Waals surface area contributed by atoms with Crippen molar-refractivity contribution in [2.45, 2.75) is 13.1 Å². The average molecular weight is 323 g/mol. The van der Waals surface area contributed by atoms with Crippen LogP contribution in [0.4, 0.5) is 13.2 Å². The molecule has 0 unspecified atom stereocenters. The van der Waals surface area contributed by atoms with Gasteiger partial charge in [0.2, 0.25) is 0 Å². The highest BCUT2D eigenvalue weighted by molar-refractivity contribution is 5.94. The monoisotopic (exact) mass is 323 g/mol. The Kier molecular flexibility index (Phi) is 4.75. The van der Waals surface area contributed by atoms with Crippen LogP contribution in [0.2, 0.25) is 0 Å². The molecule has 0 aliphatic carbocycles. The molecule has 0 heterocycles. The second-order valence-corrected chi connectivity index (χ2v) is 5.09. The van der Waals surface area contributed by atoms with Crippen LogP contribution in [0.3, 0.4) is 0 Å². The van der Waals surface area contributed by atoms with Crippen molar-refractivity contribution in [1.29, 1.82) is 0 Å². The van der Waals surface area contributed by atoms with E-state index in [0.717, 1.165) is 28.3 Å². The fourth-order valence-electron chi connectivity index (χ4n) is 2.22. The summed E-state index contributed by atoms with van der Waals surface area (Å²) in [5, 5.41) is 1.10. The van der Waals surface area contributed by atoms with Gasteiger partial charge in [-0.25, -0.2) is 5.06 Å². The Morgan fingerprint density at radius 2 is 1.70 bits per heavy atom. The lowest BCUT2D eigenvalue weighted by Crippen LogP contribution is -2.25. The van der Waals surface area contributed by atoms with Gasteiger partial charge in [0.1, 0.15) is 0 Å². The summed E-state index contributed by atoms with van der Waals surface area (Å²) in [7, 11) is 2.89. The zero-order chi connectivity index (χ0) is 17.2. The zero-order valence-corrected chi connectivity index (χ0v) is 12.9. The predicted molar refractivity (Wildman–Crippen MR) is 80.7 cm³/mol. The van der Waals surface area contributed by atoms with Crippen molar-refractivity contribution >= 4 is 5.91 Å². The first-order valence-corrected chi connectivity index (χ1v) is 6.84. The maximum Gasteiger partial charge on any atom is 0.416 e. The lowest BCUT2D eigenvalue weighted by atomic mass is 9.97. The number of nitrogens with zero attached hydrogens (tertiary/aromatic N) is 1. The lowest BCUT2D eigenvalue weighted by molar-refractivity contribution is -0.137. The van der Waals surface area contributed by atoms with Crippen LogP contribution in [-0.2, 0) is 11.0 Å². The van der Waals surface area contributed by atoms with Gasteiger partial charge in [-0.3, -0.25) is 9.63 Å². The van der Waals surface area contributed by atoms with Crippen LogP contribution in [0.15, 0.2) is 42.5 Å². The van der Waals surface area contributed by atoms with Gasteiger partial charge in [-0.15, -0.1) is 0 Å². The summed E-state index contributed by atoms with van der Waals surface area (Å²) in [4.78, 5) is 16.9. The van der Waals surface area contributed by atoms with E-state index in [1.165, 1.54) is 26.3 Å². The van der Waals surface area contributed by atoms with Gasteiger partial charge in [-0.1, -0.05) is 18.2 Å². The fourth-order valence-corrected chi connectivity index (χ4v) is 2.22. The van der Waals surface area contributed by atoms with Crippen molar-refractivity contribution in [3.05, 3.63) is 59.2 Å². The Hall–Kier alpha value is -2.34. The largest absolute Gasteiger partial charge is 0.416 e. The van der Waals surface area contributed by atoms with Crippen molar-refractivity contribution in [2.24, 2.45) is 0 Å². The third-order valence-electron chi connectivity index (χ3n) is 3.56. The van der Waals surface area contributed by atoms with Gasteiger partial charge in [0.25, 0.3) is 5.91 Å². The first-order valence-electron chi connectivity index (χ1n) is 6.84. The molecule has 122 valence electrons.